The molecule has 1 aliphatic rings. The van der Waals surface area contributed by atoms with Crippen LogP contribution in [-0.4, -0.2) is 39.6 Å². The number of aryl methyl sites for hydroxylation is 1. The Bertz CT molecular complexity index is 496. The molecule has 5 nitrogen and oxygen atoms in total. The molecule has 0 amide bonds. The molecule has 1 aromatic rings. The van der Waals surface area contributed by atoms with Crippen molar-refractivity contribution in [3.05, 3.63) is 17.5 Å². The second kappa shape index (κ2) is 7.64. The van der Waals surface area contributed by atoms with Gasteiger partial charge in [-0.3, -0.25) is 0 Å². The molecule has 1 fully saturated rings. The molecule has 2 rings (SSSR count). The maximum absolute atomic E-state index is 11.7. The molecule has 2 unspecified atom stereocenters. The minimum Gasteiger partial charge on any atom is -0.462 e. The highest BCUT2D eigenvalue weighted by Crippen LogP contribution is 2.31. The number of carbonyl (C=O) groups excluding carboxylic acids is 1. The molecule has 1 N–H and O–H groups in total. The predicted octanol–water partition coefficient (Wildman–Crippen LogP) is 3.05. The number of ether oxygens (including phenoxy) is 1. The van der Waals surface area contributed by atoms with Crippen molar-refractivity contribution in [2.24, 2.45) is 0 Å². The minimum atomic E-state index is -0.359. The van der Waals surface area contributed by atoms with Gasteiger partial charge in [0.2, 0.25) is 5.95 Å². The van der Waals surface area contributed by atoms with Crippen molar-refractivity contribution in [2.45, 2.75) is 51.3 Å². The Labute approximate surface area is 130 Å². The lowest BCUT2D eigenvalue weighted by molar-refractivity contribution is 0.0524. The van der Waals surface area contributed by atoms with Crippen LogP contribution >= 0.6 is 11.8 Å². The van der Waals surface area contributed by atoms with Crippen molar-refractivity contribution in [1.82, 2.24) is 9.97 Å². The van der Waals surface area contributed by atoms with Gasteiger partial charge in [-0.2, -0.15) is 11.8 Å². The lowest BCUT2D eigenvalue weighted by atomic mass is 10.2. The zero-order valence-corrected chi connectivity index (χ0v) is 13.7. The van der Waals surface area contributed by atoms with E-state index in [1.165, 1.54) is 12.8 Å². The van der Waals surface area contributed by atoms with Gasteiger partial charge < -0.3 is 10.1 Å². The Morgan fingerprint density at radius 2 is 2.29 bits per heavy atom. The number of carbonyl (C=O) groups is 1. The van der Waals surface area contributed by atoms with Crippen LogP contribution in [0.2, 0.25) is 0 Å². The molecule has 1 saturated carbocycles. The number of esters is 1. The fourth-order valence-corrected chi connectivity index (χ4v) is 3.81. The maximum atomic E-state index is 11.7. The summed E-state index contributed by atoms with van der Waals surface area (Å²) in [7, 11) is 0. The average Bonchev–Trinajstić information content (AvgIpc) is 2.87. The van der Waals surface area contributed by atoms with Crippen LogP contribution in [0.25, 0.3) is 0 Å². The Hall–Kier alpha value is -1.30. The molecular formula is C15H23N3O2S. The first kappa shape index (κ1) is 16.1. The van der Waals surface area contributed by atoms with Crippen LogP contribution in [0.4, 0.5) is 5.95 Å². The molecule has 0 saturated heterocycles. The summed E-state index contributed by atoms with van der Waals surface area (Å²) in [6, 6.07) is 0.419. The van der Waals surface area contributed by atoms with Crippen LogP contribution in [-0.2, 0) is 4.74 Å². The quantitative estimate of drug-likeness (QED) is 0.815. The smallest absolute Gasteiger partial charge is 0.341 e. The third-order valence-electron chi connectivity index (χ3n) is 3.62. The van der Waals surface area contributed by atoms with E-state index in [-0.39, 0.29) is 5.97 Å². The van der Waals surface area contributed by atoms with Gasteiger partial charge in [0.05, 0.1) is 17.9 Å². The number of anilines is 1. The second-order valence-electron chi connectivity index (χ2n) is 5.09. The third kappa shape index (κ3) is 4.09. The van der Waals surface area contributed by atoms with Gasteiger partial charge in [-0.15, -0.1) is 0 Å². The van der Waals surface area contributed by atoms with Crippen molar-refractivity contribution in [2.75, 3.05) is 17.7 Å². The van der Waals surface area contributed by atoms with Crippen LogP contribution < -0.4 is 5.32 Å². The zero-order chi connectivity index (χ0) is 15.2. The first-order valence-corrected chi connectivity index (χ1v) is 8.59. The molecule has 0 radical (unpaired) electrons. The van der Waals surface area contributed by atoms with E-state index < -0.39 is 0 Å². The SMILES string of the molecule is CCOC(=O)c1cnc(NC2CCCC2SCC)nc1C. The summed E-state index contributed by atoms with van der Waals surface area (Å²) in [5, 5.41) is 4.05. The highest BCUT2D eigenvalue weighted by atomic mass is 32.2. The molecule has 0 aliphatic heterocycles. The number of nitrogens with zero attached hydrogens (tertiary/aromatic N) is 2. The minimum absolute atomic E-state index is 0.357. The molecule has 0 spiro atoms. The fourth-order valence-electron chi connectivity index (χ4n) is 2.62. The first-order valence-electron chi connectivity index (χ1n) is 7.54. The van der Waals surface area contributed by atoms with E-state index in [2.05, 4.69) is 22.2 Å². The van der Waals surface area contributed by atoms with Crippen molar-refractivity contribution < 1.29 is 9.53 Å². The lowest BCUT2D eigenvalue weighted by Gasteiger charge is -2.20. The summed E-state index contributed by atoms with van der Waals surface area (Å²) in [6.45, 7) is 6.15. The summed E-state index contributed by atoms with van der Waals surface area (Å²) in [5.74, 6) is 1.38. The van der Waals surface area contributed by atoms with E-state index in [9.17, 15) is 4.79 Å². The number of hydrogen-bond acceptors (Lipinski definition) is 6. The average molecular weight is 309 g/mol. The Morgan fingerprint density at radius 1 is 1.48 bits per heavy atom. The summed E-state index contributed by atoms with van der Waals surface area (Å²) in [6.07, 6.45) is 5.20. The zero-order valence-electron chi connectivity index (χ0n) is 12.9. The Morgan fingerprint density at radius 3 is 2.95 bits per heavy atom. The molecule has 0 aromatic carbocycles. The van der Waals surface area contributed by atoms with E-state index in [1.54, 1.807) is 13.1 Å². The topological polar surface area (TPSA) is 64.1 Å². The van der Waals surface area contributed by atoms with Gasteiger partial charge >= 0.3 is 5.97 Å². The van der Waals surface area contributed by atoms with Crippen LogP contribution in [0.3, 0.4) is 0 Å². The molecule has 1 heterocycles. The van der Waals surface area contributed by atoms with Gasteiger partial charge in [-0.1, -0.05) is 13.3 Å². The van der Waals surface area contributed by atoms with E-state index in [0.717, 1.165) is 12.2 Å². The number of nitrogens with one attached hydrogen (secondary N) is 1. The van der Waals surface area contributed by atoms with Crippen LogP contribution in [0, 0.1) is 6.92 Å². The summed E-state index contributed by atoms with van der Waals surface area (Å²) < 4.78 is 4.99. The van der Waals surface area contributed by atoms with Crippen molar-refractivity contribution in [1.29, 1.82) is 0 Å². The van der Waals surface area contributed by atoms with Crippen LogP contribution in [0.5, 0.6) is 0 Å². The molecule has 116 valence electrons. The van der Waals surface area contributed by atoms with E-state index in [1.807, 2.05) is 18.7 Å². The normalized spacial score (nSPS) is 21.3. The van der Waals surface area contributed by atoms with Crippen molar-refractivity contribution in [3.63, 3.8) is 0 Å². The molecule has 6 heteroatoms. The number of thioether (sulfide) groups is 1. The number of rotatable bonds is 6. The van der Waals surface area contributed by atoms with Gasteiger partial charge in [0.25, 0.3) is 0 Å². The Kier molecular flexibility index (Phi) is 5.85. The van der Waals surface area contributed by atoms with Crippen LogP contribution in [0.1, 0.15) is 49.2 Å². The standard InChI is InChI=1S/C15H23N3O2S/c1-4-20-14(19)11-9-16-15(17-10(11)3)18-12-7-6-8-13(12)21-5-2/h9,12-13H,4-8H2,1-3H3,(H,16,17,18). The maximum Gasteiger partial charge on any atom is 0.341 e. The second-order valence-corrected chi connectivity index (χ2v) is 6.60. The molecular weight excluding hydrogens is 286 g/mol. The third-order valence-corrected chi connectivity index (χ3v) is 4.95. The first-order chi connectivity index (χ1) is 10.2. The van der Waals surface area contributed by atoms with Crippen molar-refractivity contribution >= 4 is 23.7 Å². The molecule has 0 bridgehead atoms. The van der Waals surface area contributed by atoms with Gasteiger partial charge in [0.15, 0.2) is 0 Å². The Balaban J connectivity index is 2.04. The summed E-state index contributed by atoms with van der Waals surface area (Å²) >= 11 is 1.99. The number of hydrogen-bond donors (Lipinski definition) is 1. The van der Waals surface area contributed by atoms with Gasteiger partial charge in [0, 0.05) is 17.5 Å². The lowest BCUT2D eigenvalue weighted by Crippen LogP contribution is -2.27. The highest BCUT2D eigenvalue weighted by molar-refractivity contribution is 7.99. The van der Waals surface area contributed by atoms with E-state index in [0.29, 0.717) is 35.1 Å². The monoisotopic (exact) mass is 309 g/mol. The molecule has 1 aromatic heterocycles. The fraction of sp³-hybridized carbons (Fsp3) is 0.667. The predicted molar refractivity (Wildman–Crippen MR) is 85.9 cm³/mol. The number of aromatic nitrogens is 2. The van der Waals surface area contributed by atoms with E-state index in [4.69, 9.17) is 4.74 Å². The van der Waals surface area contributed by atoms with Crippen molar-refractivity contribution in [3.8, 4) is 0 Å². The van der Waals surface area contributed by atoms with Crippen LogP contribution in [0.15, 0.2) is 6.20 Å². The summed E-state index contributed by atoms with van der Waals surface area (Å²) in [4.78, 5) is 20.4. The highest BCUT2D eigenvalue weighted by Gasteiger charge is 2.27. The van der Waals surface area contributed by atoms with E-state index >= 15 is 0 Å². The van der Waals surface area contributed by atoms with Gasteiger partial charge in [-0.05, 0) is 32.4 Å². The molecule has 2 atom stereocenters. The summed E-state index contributed by atoms with van der Waals surface area (Å²) in [5.41, 5.74) is 1.09. The largest absolute Gasteiger partial charge is 0.462 e. The van der Waals surface area contributed by atoms with Gasteiger partial charge in [-0.25, -0.2) is 14.8 Å². The molecule has 1 aliphatic carbocycles. The van der Waals surface area contributed by atoms with Gasteiger partial charge in [0.1, 0.15) is 0 Å². The molecule has 21 heavy (non-hydrogen) atoms.